The smallest absolute Gasteiger partial charge is 0.226 e. The monoisotopic (exact) mass is 330 g/mol. The highest BCUT2D eigenvalue weighted by Gasteiger charge is 2.27. The van der Waals surface area contributed by atoms with E-state index in [-0.39, 0.29) is 11.8 Å². The predicted molar refractivity (Wildman–Crippen MR) is 88.2 cm³/mol. The Balaban J connectivity index is 1.55. The summed E-state index contributed by atoms with van der Waals surface area (Å²) in [7, 11) is 1.62. The third-order valence-corrected chi connectivity index (χ3v) is 4.13. The first-order valence-electron chi connectivity index (χ1n) is 8.03. The van der Waals surface area contributed by atoms with Gasteiger partial charge in [-0.15, -0.1) is 0 Å². The summed E-state index contributed by atoms with van der Waals surface area (Å²) in [6.45, 7) is 5.25. The second kappa shape index (κ2) is 6.90. The predicted octanol–water partition coefficient (Wildman–Crippen LogP) is 1.27. The van der Waals surface area contributed by atoms with Gasteiger partial charge in [0.15, 0.2) is 11.5 Å². The molecule has 7 nitrogen and oxygen atoms in total. The fourth-order valence-electron chi connectivity index (χ4n) is 2.93. The molecule has 1 aliphatic rings. The van der Waals surface area contributed by atoms with Crippen LogP contribution in [0.15, 0.2) is 18.2 Å². The maximum Gasteiger partial charge on any atom is 0.226 e. The summed E-state index contributed by atoms with van der Waals surface area (Å²) in [6, 6.07) is 5.75. The van der Waals surface area contributed by atoms with Gasteiger partial charge in [-0.05, 0) is 31.9 Å². The maximum absolute atomic E-state index is 12.4. The largest absolute Gasteiger partial charge is 0.493 e. The van der Waals surface area contributed by atoms with E-state index in [1.54, 1.807) is 11.8 Å². The van der Waals surface area contributed by atoms with E-state index in [1.807, 2.05) is 32.0 Å². The number of amides is 1. The van der Waals surface area contributed by atoms with Crippen LogP contribution in [-0.2, 0) is 17.8 Å². The third kappa shape index (κ3) is 3.34. The average molecular weight is 330 g/mol. The first-order valence-corrected chi connectivity index (χ1v) is 8.03. The molecule has 1 atom stereocenters. The van der Waals surface area contributed by atoms with Crippen LogP contribution in [0, 0.1) is 19.8 Å². The van der Waals surface area contributed by atoms with E-state index in [2.05, 4.69) is 15.4 Å². The Kier molecular flexibility index (Phi) is 4.69. The van der Waals surface area contributed by atoms with Crippen molar-refractivity contribution in [3.8, 4) is 11.5 Å². The molecular weight excluding hydrogens is 308 g/mol. The van der Waals surface area contributed by atoms with Gasteiger partial charge in [0.2, 0.25) is 5.91 Å². The molecule has 0 saturated carbocycles. The summed E-state index contributed by atoms with van der Waals surface area (Å²) in [6.07, 6.45) is 0.653. The van der Waals surface area contributed by atoms with Crippen LogP contribution < -0.4 is 14.8 Å². The summed E-state index contributed by atoms with van der Waals surface area (Å²) in [5, 5.41) is 7.24. The molecular formula is C17H22N4O3. The third-order valence-electron chi connectivity index (χ3n) is 4.13. The Hall–Kier alpha value is -2.57. The molecule has 0 aliphatic carbocycles. The molecule has 2 heterocycles. The number of methoxy groups -OCH3 is 1. The molecule has 0 bridgehead atoms. The van der Waals surface area contributed by atoms with Crippen molar-refractivity contribution in [3.05, 3.63) is 35.4 Å². The molecule has 0 radical (unpaired) electrons. The van der Waals surface area contributed by atoms with Crippen molar-refractivity contribution in [1.29, 1.82) is 0 Å². The molecule has 1 aromatic heterocycles. The van der Waals surface area contributed by atoms with E-state index in [9.17, 15) is 4.79 Å². The highest BCUT2D eigenvalue weighted by atomic mass is 16.5. The van der Waals surface area contributed by atoms with Crippen molar-refractivity contribution in [1.82, 2.24) is 20.1 Å². The van der Waals surface area contributed by atoms with Crippen LogP contribution in [-0.4, -0.2) is 40.9 Å². The zero-order chi connectivity index (χ0) is 17.1. The summed E-state index contributed by atoms with van der Waals surface area (Å²) in [5.74, 6) is 2.86. The number of aromatic nitrogens is 3. The summed E-state index contributed by atoms with van der Waals surface area (Å²) in [4.78, 5) is 16.6. The fourth-order valence-corrected chi connectivity index (χ4v) is 2.93. The lowest BCUT2D eigenvalue weighted by atomic mass is 9.95. The van der Waals surface area contributed by atoms with Gasteiger partial charge in [-0.1, -0.05) is 12.1 Å². The molecule has 2 aromatic rings. The van der Waals surface area contributed by atoms with E-state index >= 15 is 0 Å². The lowest BCUT2D eigenvalue weighted by Gasteiger charge is -2.25. The molecule has 24 heavy (non-hydrogen) atoms. The Morgan fingerprint density at radius 1 is 1.46 bits per heavy atom. The minimum Gasteiger partial charge on any atom is -0.493 e. The molecule has 128 valence electrons. The first-order chi connectivity index (χ1) is 11.6. The number of nitrogens with one attached hydrogen (secondary N) is 1. The van der Waals surface area contributed by atoms with Crippen molar-refractivity contribution >= 4 is 5.91 Å². The zero-order valence-corrected chi connectivity index (χ0v) is 14.2. The number of benzene rings is 1. The van der Waals surface area contributed by atoms with Gasteiger partial charge < -0.3 is 14.8 Å². The molecule has 3 rings (SSSR count). The molecule has 1 amide bonds. The van der Waals surface area contributed by atoms with Crippen molar-refractivity contribution in [2.45, 2.75) is 26.8 Å². The van der Waals surface area contributed by atoms with Crippen LogP contribution in [0.2, 0.25) is 0 Å². The van der Waals surface area contributed by atoms with Crippen molar-refractivity contribution in [2.75, 3.05) is 20.3 Å². The maximum atomic E-state index is 12.4. The number of ether oxygens (including phenoxy) is 2. The van der Waals surface area contributed by atoms with Crippen molar-refractivity contribution < 1.29 is 14.3 Å². The van der Waals surface area contributed by atoms with Gasteiger partial charge in [-0.25, -0.2) is 9.67 Å². The highest BCUT2D eigenvalue weighted by molar-refractivity contribution is 5.79. The number of para-hydroxylation sites is 1. The van der Waals surface area contributed by atoms with E-state index in [0.717, 1.165) is 23.0 Å². The molecule has 7 heteroatoms. The fraction of sp³-hybridized carbons (Fsp3) is 0.471. The Morgan fingerprint density at radius 3 is 3.00 bits per heavy atom. The molecule has 1 aromatic carbocycles. The Labute approximate surface area is 141 Å². The van der Waals surface area contributed by atoms with Crippen molar-refractivity contribution in [3.63, 3.8) is 0 Å². The quantitative estimate of drug-likeness (QED) is 0.893. The van der Waals surface area contributed by atoms with Gasteiger partial charge in [0.05, 0.1) is 19.6 Å². The van der Waals surface area contributed by atoms with E-state index in [4.69, 9.17) is 9.47 Å². The number of carbonyl (C=O) groups is 1. The van der Waals surface area contributed by atoms with E-state index in [1.165, 1.54) is 0 Å². The Morgan fingerprint density at radius 2 is 2.29 bits per heavy atom. The molecule has 0 fully saturated rings. The number of hydrogen-bond donors (Lipinski definition) is 1. The van der Waals surface area contributed by atoms with Crippen molar-refractivity contribution in [2.24, 2.45) is 5.92 Å². The van der Waals surface area contributed by atoms with Crippen LogP contribution >= 0.6 is 0 Å². The number of fused-ring (bicyclic) bond motifs is 1. The van der Waals surface area contributed by atoms with Crippen LogP contribution in [0.5, 0.6) is 11.5 Å². The van der Waals surface area contributed by atoms with Crippen LogP contribution in [0.4, 0.5) is 0 Å². The normalized spacial score (nSPS) is 16.2. The second-order valence-corrected chi connectivity index (χ2v) is 5.88. The Bertz CT molecular complexity index is 741. The lowest BCUT2D eigenvalue weighted by molar-refractivity contribution is -0.126. The van der Waals surface area contributed by atoms with Crippen LogP contribution in [0.1, 0.15) is 17.2 Å². The minimum atomic E-state index is -0.191. The van der Waals surface area contributed by atoms with Crippen LogP contribution in [0.3, 0.4) is 0 Å². The summed E-state index contributed by atoms with van der Waals surface area (Å²) >= 11 is 0. The minimum absolute atomic E-state index is 0.00189. The molecule has 0 spiro atoms. The van der Waals surface area contributed by atoms with Gasteiger partial charge in [0.1, 0.15) is 18.3 Å². The SMILES string of the molecule is COc1cccc2c1OCC(C(=O)NCCn1nc(C)nc1C)C2. The van der Waals surface area contributed by atoms with Gasteiger partial charge in [-0.2, -0.15) is 5.10 Å². The van der Waals surface area contributed by atoms with E-state index < -0.39 is 0 Å². The molecule has 1 unspecified atom stereocenters. The lowest BCUT2D eigenvalue weighted by Crippen LogP contribution is -2.38. The highest BCUT2D eigenvalue weighted by Crippen LogP contribution is 2.35. The molecule has 1 aliphatic heterocycles. The van der Waals surface area contributed by atoms with Gasteiger partial charge in [0.25, 0.3) is 0 Å². The molecule has 1 N–H and O–H groups in total. The first kappa shape index (κ1) is 16.3. The summed E-state index contributed by atoms with van der Waals surface area (Å²) in [5.41, 5.74) is 1.00. The number of carbonyl (C=O) groups excluding carboxylic acids is 1. The number of aryl methyl sites for hydroxylation is 2. The topological polar surface area (TPSA) is 78.3 Å². The number of hydrogen-bond acceptors (Lipinski definition) is 5. The van der Waals surface area contributed by atoms with Gasteiger partial charge in [0, 0.05) is 6.54 Å². The van der Waals surface area contributed by atoms with E-state index in [0.29, 0.717) is 31.9 Å². The van der Waals surface area contributed by atoms with Crippen LogP contribution in [0.25, 0.3) is 0 Å². The molecule has 0 saturated heterocycles. The second-order valence-electron chi connectivity index (χ2n) is 5.88. The summed E-state index contributed by atoms with van der Waals surface area (Å²) < 4.78 is 12.8. The standard InChI is InChI=1S/C17H22N4O3/c1-11-19-12(2)21(20-11)8-7-18-17(22)14-9-13-5-4-6-15(23-3)16(13)24-10-14/h4-6,14H,7-10H2,1-3H3,(H,18,22). The number of rotatable bonds is 5. The van der Waals surface area contributed by atoms with Gasteiger partial charge in [-0.3, -0.25) is 4.79 Å². The zero-order valence-electron chi connectivity index (χ0n) is 14.2. The van der Waals surface area contributed by atoms with Gasteiger partial charge >= 0.3 is 0 Å². The average Bonchev–Trinajstić information content (AvgIpc) is 2.91. The number of nitrogens with zero attached hydrogens (tertiary/aromatic N) is 3.